The molecule has 2 aliphatic rings. The molecule has 4 atom stereocenters. The molecule has 3 aromatic rings. The number of fused-ring (bicyclic) bond motifs is 1. The van der Waals surface area contributed by atoms with E-state index < -0.39 is 0 Å². The summed E-state index contributed by atoms with van der Waals surface area (Å²) in [5.41, 5.74) is 5.41. The third-order valence-corrected chi connectivity index (χ3v) is 7.88. The van der Waals surface area contributed by atoms with Crippen LogP contribution in [0.4, 0.5) is 0 Å². The van der Waals surface area contributed by atoms with Crippen molar-refractivity contribution in [1.82, 2.24) is 4.90 Å². The predicted molar refractivity (Wildman–Crippen MR) is 141 cm³/mol. The van der Waals surface area contributed by atoms with Gasteiger partial charge in [0.25, 0.3) is 0 Å². The molecular weight excluding hydrogens is 434 g/mol. The van der Waals surface area contributed by atoms with E-state index in [-0.39, 0.29) is 0 Å². The summed E-state index contributed by atoms with van der Waals surface area (Å²) in [4.78, 5) is 2.54. The van der Waals surface area contributed by atoms with Crippen LogP contribution in [-0.2, 0) is 6.42 Å². The summed E-state index contributed by atoms with van der Waals surface area (Å²) in [6, 6.07) is 24.3. The third kappa shape index (κ3) is 5.04. The summed E-state index contributed by atoms with van der Waals surface area (Å²) in [5.74, 6) is 4.21. The van der Waals surface area contributed by atoms with E-state index in [4.69, 9.17) is 14.2 Å². The molecule has 5 rings (SSSR count). The summed E-state index contributed by atoms with van der Waals surface area (Å²) >= 11 is 0. The van der Waals surface area contributed by atoms with E-state index in [9.17, 15) is 0 Å². The van der Waals surface area contributed by atoms with Crippen molar-refractivity contribution in [3.63, 3.8) is 0 Å². The largest absolute Gasteiger partial charge is 0.497 e. The lowest BCUT2D eigenvalue weighted by Crippen LogP contribution is -2.35. The van der Waals surface area contributed by atoms with Gasteiger partial charge in [-0.1, -0.05) is 37.3 Å². The maximum absolute atomic E-state index is 6.20. The zero-order valence-electron chi connectivity index (χ0n) is 21.4. The second-order valence-electron chi connectivity index (χ2n) is 10.2. The Hall–Kier alpha value is -2.98. The van der Waals surface area contributed by atoms with Gasteiger partial charge in [0.05, 0.1) is 14.2 Å². The smallest absolute Gasteiger partial charge is 0.119 e. The first kappa shape index (κ1) is 23.7. The Morgan fingerprint density at radius 2 is 1.51 bits per heavy atom. The minimum Gasteiger partial charge on any atom is -0.497 e. The summed E-state index contributed by atoms with van der Waals surface area (Å²) in [6.07, 6.45) is 2.29. The molecular formula is C31H37NO3. The van der Waals surface area contributed by atoms with Gasteiger partial charge in [0.1, 0.15) is 23.9 Å². The quantitative estimate of drug-likeness (QED) is 0.387. The minimum atomic E-state index is 0.295. The molecule has 0 saturated carbocycles. The molecule has 1 saturated heterocycles. The Bertz CT molecular complexity index is 1120. The molecule has 0 radical (unpaired) electrons. The highest BCUT2D eigenvalue weighted by atomic mass is 16.5. The van der Waals surface area contributed by atoms with Crippen molar-refractivity contribution in [2.24, 2.45) is 5.92 Å². The van der Waals surface area contributed by atoms with Crippen molar-refractivity contribution in [2.75, 3.05) is 33.9 Å². The first-order valence-corrected chi connectivity index (χ1v) is 12.8. The van der Waals surface area contributed by atoms with Gasteiger partial charge < -0.3 is 14.2 Å². The highest BCUT2D eigenvalue weighted by molar-refractivity contribution is 5.51. The summed E-state index contributed by atoms with van der Waals surface area (Å²) < 4.78 is 17.1. The SMILES string of the molecule is COc1ccc(C2Cc3cc(OC)ccc3C2c2ccc(OC[C@H](C)N3CCC(C)C3)cc2)cc1. The van der Waals surface area contributed by atoms with Crippen molar-refractivity contribution >= 4 is 0 Å². The van der Waals surface area contributed by atoms with Crippen LogP contribution in [0.25, 0.3) is 0 Å². The lowest BCUT2D eigenvalue weighted by atomic mass is 9.82. The number of ether oxygens (including phenoxy) is 3. The number of hydrogen-bond acceptors (Lipinski definition) is 4. The van der Waals surface area contributed by atoms with Crippen molar-refractivity contribution in [3.8, 4) is 17.2 Å². The molecule has 1 fully saturated rings. The Labute approximate surface area is 209 Å². The number of hydrogen-bond donors (Lipinski definition) is 0. The zero-order chi connectivity index (χ0) is 24.4. The molecule has 0 amide bonds. The van der Waals surface area contributed by atoms with E-state index >= 15 is 0 Å². The van der Waals surface area contributed by atoms with E-state index in [1.807, 2.05) is 0 Å². The third-order valence-electron chi connectivity index (χ3n) is 7.88. The summed E-state index contributed by atoms with van der Waals surface area (Å²) in [7, 11) is 3.45. The molecule has 0 N–H and O–H groups in total. The maximum atomic E-state index is 6.20. The van der Waals surface area contributed by atoms with Crippen LogP contribution in [0.1, 0.15) is 54.4 Å². The average Bonchev–Trinajstić information content (AvgIpc) is 3.51. The highest BCUT2D eigenvalue weighted by Gasteiger charge is 2.35. The molecule has 35 heavy (non-hydrogen) atoms. The van der Waals surface area contributed by atoms with Crippen LogP contribution < -0.4 is 14.2 Å². The monoisotopic (exact) mass is 471 g/mol. The van der Waals surface area contributed by atoms with Gasteiger partial charge in [-0.2, -0.15) is 0 Å². The van der Waals surface area contributed by atoms with Crippen molar-refractivity contribution in [2.45, 2.75) is 44.6 Å². The van der Waals surface area contributed by atoms with Crippen LogP contribution in [-0.4, -0.2) is 44.9 Å². The molecule has 4 nitrogen and oxygen atoms in total. The molecule has 1 aliphatic heterocycles. The molecule has 4 heteroatoms. The first-order valence-electron chi connectivity index (χ1n) is 12.8. The van der Waals surface area contributed by atoms with E-state index in [2.05, 4.69) is 85.5 Å². The molecule has 0 aromatic heterocycles. The zero-order valence-corrected chi connectivity index (χ0v) is 21.4. The summed E-state index contributed by atoms with van der Waals surface area (Å²) in [5, 5.41) is 0. The Morgan fingerprint density at radius 3 is 2.17 bits per heavy atom. The van der Waals surface area contributed by atoms with E-state index in [0.29, 0.717) is 17.9 Å². The van der Waals surface area contributed by atoms with Gasteiger partial charge in [0, 0.05) is 18.5 Å². The second-order valence-corrected chi connectivity index (χ2v) is 10.2. The van der Waals surface area contributed by atoms with Gasteiger partial charge >= 0.3 is 0 Å². The van der Waals surface area contributed by atoms with Gasteiger partial charge in [-0.15, -0.1) is 0 Å². The van der Waals surface area contributed by atoms with E-state index in [1.165, 1.54) is 41.8 Å². The van der Waals surface area contributed by atoms with Gasteiger partial charge in [-0.05, 0) is 96.8 Å². The van der Waals surface area contributed by atoms with Crippen LogP contribution >= 0.6 is 0 Å². The maximum Gasteiger partial charge on any atom is 0.119 e. The lowest BCUT2D eigenvalue weighted by molar-refractivity contribution is 0.169. The van der Waals surface area contributed by atoms with Crippen LogP contribution in [0, 0.1) is 5.92 Å². The highest BCUT2D eigenvalue weighted by Crippen LogP contribution is 2.49. The normalized spacial score (nSPS) is 22.6. The fourth-order valence-electron chi connectivity index (χ4n) is 5.80. The number of benzene rings is 3. The number of rotatable bonds is 8. The second kappa shape index (κ2) is 10.3. The van der Waals surface area contributed by atoms with E-state index in [1.54, 1.807) is 14.2 Å². The summed E-state index contributed by atoms with van der Waals surface area (Å²) in [6.45, 7) is 7.70. The van der Waals surface area contributed by atoms with Gasteiger partial charge in [0.15, 0.2) is 0 Å². The fraction of sp³-hybridized carbons (Fsp3) is 0.419. The standard InChI is InChI=1S/C31H37NO3/c1-21-15-16-32(19-21)22(2)20-35-27-11-7-24(8-12-27)31-29-14-13-28(34-4)17-25(29)18-30(31)23-5-9-26(33-3)10-6-23/h5-14,17,21-22,30-31H,15-16,18-20H2,1-4H3/t21?,22-,30?,31?/m0/s1. The Kier molecular flexibility index (Phi) is 7.01. The number of nitrogens with zero attached hydrogens (tertiary/aromatic N) is 1. The molecule has 3 unspecified atom stereocenters. The van der Waals surface area contributed by atoms with E-state index in [0.717, 1.165) is 36.2 Å². The molecule has 1 heterocycles. The van der Waals surface area contributed by atoms with Crippen LogP contribution in [0.15, 0.2) is 66.7 Å². The van der Waals surface area contributed by atoms with Gasteiger partial charge in [-0.3, -0.25) is 4.90 Å². The minimum absolute atomic E-state index is 0.295. The number of likely N-dealkylation sites (tertiary alicyclic amines) is 1. The molecule has 1 aliphatic carbocycles. The predicted octanol–water partition coefficient (Wildman–Crippen LogP) is 6.28. The topological polar surface area (TPSA) is 30.9 Å². The Morgan fingerprint density at radius 1 is 0.857 bits per heavy atom. The fourth-order valence-corrected chi connectivity index (χ4v) is 5.80. The van der Waals surface area contributed by atoms with Crippen LogP contribution in [0.2, 0.25) is 0 Å². The molecule has 0 bridgehead atoms. The Balaban J connectivity index is 1.36. The lowest BCUT2D eigenvalue weighted by Gasteiger charge is -2.25. The van der Waals surface area contributed by atoms with Gasteiger partial charge in [0.2, 0.25) is 0 Å². The van der Waals surface area contributed by atoms with Crippen molar-refractivity contribution < 1.29 is 14.2 Å². The number of methoxy groups -OCH3 is 2. The van der Waals surface area contributed by atoms with Crippen LogP contribution in [0.3, 0.4) is 0 Å². The molecule has 0 spiro atoms. The molecule has 3 aromatic carbocycles. The van der Waals surface area contributed by atoms with Crippen LogP contribution in [0.5, 0.6) is 17.2 Å². The average molecular weight is 472 g/mol. The van der Waals surface area contributed by atoms with Crippen molar-refractivity contribution in [3.05, 3.63) is 89.0 Å². The molecule has 184 valence electrons. The first-order chi connectivity index (χ1) is 17.1. The van der Waals surface area contributed by atoms with Gasteiger partial charge in [-0.25, -0.2) is 0 Å². The van der Waals surface area contributed by atoms with Crippen molar-refractivity contribution in [1.29, 1.82) is 0 Å².